The first-order valence-electron chi connectivity index (χ1n) is 5.56. The van der Waals surface area contributed by atoms with Crippen molar-refractivity contribution in [1.29, 1.82) is 0 Å². The first-order valence-corrected chi connectivity index (χ1v) is 5.56. The number of aliphatic hydroxyl groups excluding tert-OH is 2. The van der Waals surface area contributed by atoms with Crippen molar-refractivity contribution in [2.45, 2.75) is 32.4 Å². The molecular weight excluding hydrogens is 194 g/mol. The lowest BCUT2D eigenvalue weighted by molar-refractivity contribution is 0.0165. The number of likely N-dealkylation sites (N-methyl/N-ethyl adjacent to an activating group) is 1. The Morgan fingerprint density at radius 3 is 2.40 bits per heavy atom. The Balaban J connectivity index is 2.50. The van der Waals surface area contributed by atoms with Crippen LogP contribution in [0.5, 0.6) is 0 Å². The molecule has 1 rings (SSSR count). The lowest BCUT2D eigenvalue weighted by Crippen LogP contribution is -2.45. The van der Waals surface area contributed by atoms with Gasteiger partial charge in [0.15, 0.2) is 0 Å². The van der Waals surface area contributed by atoms with Crippen molar-refractivity contribution in [1.82, 2.24) is 4.90 Å². The van der Waals surface area contributed by atoms with Gasteiger partial charge in [0.05, 0.1) is 19.3 Å². The number of hydrogen-bond donors (Lipinski definition) is 2. The van der Waals surface area contributed by atoms with Gasteiger partial charge in [-0.25, -0.2) is 0 Å². The fourth-order valence-corrected chi connectivity index (χ4v) is 2.17. The Morgan fingerprint density at radius 1 is 1.40 bits per heavy atom. The van der Waals surface area contributed by atoms with Crippen molar-refractivity contribution in [3.63, 3.8) is 0 Å². The van der Waals surface area contributed by atoms with E-state index in [0.717, 1.165) is 13.0 Å². The van der Waals surface area contributed by atoms with Gasteiger partial charge in [0, 0.05) is 24.6 Å². The Kier molecular flexibility index (Phi) is 4.52. The van der Waals surface area contributed by atoms with E-state index in [9.17, 15) is 10.2 Å². The van der Waals surface area contributed by atoms with E-state index in [1.165, 1.54) is 0 Å². The summed E-state index contributed by atoms with van der Waals surface area (Å²) in [7, 11) is 2.03. The summed E-state index contributed by atoms with van der Waals surface area (Å²) in [6, 6.07) is 0.405. The minimum absolute atomic E-state index is 0.00972. The summed E-state index contributed by atoms with van der Waals surface area (Å²) in [5.74, 6) is 0. The third-order valence-electron chi connectivity index (χ3n) is 3.30. The summed E-state index contributed by atoms with van der Waals surface area (Å²) in [6.45, 7) is 5.49. The van der Waals surface area contributed by atoms with Gasteiger partial charge in [-0.2, -0.15) is 0 Å². The first-order chi connectivity index (χ1) is 7.02. The van der Waals surface area contributed by atoms with Gasteiger partial charge in [0.1, 0.15) is 0 Å². The standard InChI is InChI=1S/C11H23NO3/c1-9-10(4-5-15-9)12(3)6-11(2,7-13)8-14/h9-10,13-14H,4-8H2,1-3H3. The minimum Gasteiger partial charge on any atom is -0.396 e. The molecule has 1 heterocycles. The Bertz CT molecular complexity index is 194. The van der Waals surface area contributed by atoms with Crippen LogP contribution in [0.2, 0.25) is 0 Å². The molecule has 0 aromatic carbocycles. The van der Waals surface area contributed by atoms with Crippen LogP contribution < -0.4 is 0 Å². The summed E-state index contributed by atoms with van der Waals surface area (Å²) in [5.41, 5.74) is -0.420. The number of rotatable bonds is 5. The van der Waals surface area contributed by atoms with Crippen molar-refractivity contribution >= 4 is 0 Å². The van der Waals surface area contributed by atoms with Gasteiger partial charge >= 0.3 is 0 Å². The fraction of sp³-hybridized carbons (Fsp3) is 1.00. The zero-order valence-electron chi connectivity index (χ0n) is 9.94. The van der Waals surface area contributed by atoms with Crippen LogP contribution in [0.1, 0.15) is 20.3 Å². The highest BCUT2D eigenvalue weighted by atomic mass is 16.5. The van der Waals surface area contributed by atoms with Crippen LogP contribution in [0.15, 0.2) is 0 Å². The van der Waals surface area contributed by atoms with Crippen molar-refractivity contribution in [2.75, 3.05) is 33.4 Å². The maximum absolute atomic E-state index is 9.22. The molecule has 90 valence electrons. The molecular formula is C11H23NO3. The minimum atomic E-state index is -0.420. The number of nitrogens with zero attached hydrogens (tertiary/aromatic N) is 1. The highest BCUT2D eigenvalue weighted by molar-refractivity contribution is 4.84. The Labute approximate surface area is 91.8 Å². The lowest BCUT2D eigenvalue weighted by Gasteiger charge is -2.34. The first kappa shape index (κ1) is 12.9. The molecule has 2 atom stereocenters. The molecule has 0 aromatic heterocycles. The lowest BCUT2D eigenvalue weighted by atomic mass is 9.91. The van der Waals surface area contributed by atoms with E-state index in [1.54, 1.807) is 0 Å². The van der Waals surface area contributed by atoms with Crippen molar-refractivity contribution in [2.24, 2.45) is 5.41 Å². The Hall–Kier alpha value is -0.160. The molecule has 4 nitrogen and oxygen atoms in total. The topological polar surface area (TPSA) is 52.9 Å². The molecule has 2 N–H and O–H groups in total. The summed E-state index contributed by atoms with van der Waals surface area (Å²) in [5, 5.41) is 18.4. The predicted molar refractivity (Wildman–Crippen MR) is 58.7 cm³/mol. The van der Waals surface area contributed by atoms with E-state index < -0.39 is 5.41 Å². The quantitative estimate of drug-likeness (QED) is 0.685. The molecule has 1 saturated heterocycles. The van der Waals surface area contributed by atoms with E-state index in [-0.39, 0.29) is 19.3 Å². The maximum atomic E-state index is 9.22. The van der Waals surface area contributed by atoms with Crippen LogP contribution in [-0.4, -0.2) is 60.7 Å². The van der Waals surface area contributed by atoms with Gasteiger partial charge in [-0.05, 0) is 20.4 Å². The zero-order valence-corrected chi connectivity index (χ0v) is 9.94. The smallest absolute Gasteiger partial charge is 0.0702 e. The zero-order chi connectivity index (χ0) is 11.5. The second-order valence-corrected chi connectivity index (χ2v) is 4.97. The molecule has 0 spiro atoms. The average Bonchev–Trinajstić information content (AvgIpc) is 2.64. The number of ether oxygens (including phenoxy) is 1. The molecule has 1 fully saturated rings. The molecule has 1 aliphatic heterocycles. The highest BCUT2D eigenvalue weighted by Crippen LogP contribution is 2.23. The van der Waals surface area contributed by atoms with Crippen LogP contribution in [0, 0.1) is 5.41 Å². The van der Waals surface area contributed by atoms with Crippen LogP contribution in [-0.2, 0) is 4.74 Å². The number of hydrogen-bond acceptors (Lipinski definition) is 4. The second-order valence-electron chi connectivity index (χ2n) is 4.97. The van der Waals surface area contributed by atoms with E-state index in [0.29, 0.717) is 12.6 Å². The van der Waals surface area contributed by atoms with Crippen molar-refractivity contribution < 1.29 is 14.9 Å². The molecule has 0 amide bonds. The molecule has 4 heteroatoms. The van der Waals surface area contributed by atoms with E-state index >= 15 is 0 Å². The average molecular weight is 217 g/mol. The van der Waals surface area contributed by atoms with Gasteiger partial charge < -0.3 is 19.8 Å². The monoisotopic (exact) mass is 217 g/mol. The molecule has 15 heavy (non-hydrogen) atoms. The van der Waals surface area contributed by atoms with Crippen LogP contribution in [0.3, 0.4) is 0 Å². The van der Waals surface area contributed by atoms with Gasteiger partial charge in [0.25, 0.3) is 0 Å². The van der Waals surface area contributed by atoms with E-state index in [1.807, 2.05) is 14.0 Å². The molecule has 0 aliphatic carbocycles. The van der Waals surface area contributed by atoms with E-state index in [2.05, 4.69) is 11.8 Å². The number of aliphatic hydroxyl groups is 2. The van der Waals surface area contributed by atoms with E-state index in [4.69, 9.17) is 4.74 Å². The van der Waals surface area contributed by atoms with Gasteiger partial charge in [-0.3, -0.25) is 0 Å². The molecule has 0 bridgehead atoms. The fourth-order valence-electron chi connectivity index (χ4n) is 2.17. The largest absolute Gasteiger partial charge is 0.396 e. The summed E-state index contributed by atoms with van der Waals surface area (Å²) >= 11 is 0. The Morgan fingerprint density at radius 2 is 2.00 bits per heavy atom. The SMILES string of the molecule is CC1OCCC1N(C)CC(C)(CO)CO. The summed E-state index contributed by atoms with van der Waals surface area (Å²) in [4.78, 5) is 2.18. The van der Waals surface area contributed by atoms with Crippen molar-refractivity contribution in [3.05, 3.63) is 0 Å². The van der Waals surface area contributed by atoms with Gasteiger partial charge in [-0.1, -0.05) is 6.92 Å². The molecule has 2 unspecified atom stereocenters. The second kappa shape index (κ2) is 5.25. The van der Waals surface area contributed by atoms with Crippen LogP contribution in [0.4, 0.5) is 0 Å². The predicted octanol–water partition coefficient (Wildman–Crippen LogP) is 0.0865. The van der Waals surface area contributed by atoms with Crippen molar-refractivity contribution in [3.8, 4) is 0 Å². The molecule has 0 radical (unpaired) electrons. The molecule has 0 saturated carbocycles. The van der Waals surface area contributed by atoms with Gasteiger partial charge in [-0.15, -0.1) is 0 Å². The summed E-state index contributed by atoms with van der Waals surface area (Å²) < 4.78 is 5.50. The van der Waals surface area contributed by atoms with Crippen LogP contribution >= 0.6 is 0 Å². The normalized spacial score (nSPS) is 27.6. The third-order valence-corrected chi connectivity index (χ3v) is 3.30. The summed E-state index contributed by atoms with van der Waals surface area (Å²) in [6.07, 6.45) is 1.28. The van der Waals surface area contributed by atoms with Gasteiger partial charge in [0.2, 0.25) is 0 Å². The highest BCUT2D eigenvalue weighted by Gasteiger charge is 2.32. The molecule has 1 aliphatic rings. The third kappa shape index (κ3) is 3.14. The van der Waals surface area contributed by atoms with Crippen LogP contribution in [0.25, 0.3) is 0 Å². The molecule has 0 aromatic rings. The maximum Gasteiger partial charge on any atom is 0.0702 e.